The van der Waals surface area contributed by atoms with E-state index in [1.807, 2.05) is 0 Å². The Balaban J connectivity index is 1.61. The van der Waals surface area contributed by atoms with Gasteiger partial charge in [-0.25, -0.2) is 4.98 Å². The van der Waals surface area contributed by atoms with E-state index in [9.17, 15) is 22.8 Å². The molecule has 1 aromatic carbocycles. The van der Waals surface area contributed by atoms with Crippen LogP contribution in [0.25, 0.3) is 0 Å². The van der Waals surface area contributed by atoms with Gasteiger partial charge in [-0.1, -0.05) is 0 Å². The lowest BCUT2D eigenvalue weighted by atomic mass is 9.96. The van der Waals surface area contributed by atoms with E-state index in [-0.39, 0.29) is 34.7 Å². The average Bonchev–Trinajstić information content (AvgIpc) is 3.08. The number of ether oxygens (including phenoxy) is 1. The minimum Gasteiger partial charge on any atom is -0.445 e. The van der Waals surface area contributed by atoms with Crippen LogP contribution in [0.1, 0.15) is 51.3 Å². The molecule has 1 aliphatic rings. The molecule has 7 nitrogen and oxygen atoms in total. The van der Waals surface area contributed by atoms with Crippen molar-refractivity contribution in [1.29, 1.82) is 0 Å². The third-order valence-corrected chi connectivity index (χ3v) is 4.89. The summed E-state index contributed by atoms with van der Waals surface area (Å²) >= 11 is 0. The Morgan fingerprint density at radius 2 is 1.77 bits per heavy atom. The van der Waals surface area contributed by atoms with E-state index < -0.39 is 6.36 Å². The van der Waals surface area contributed by atoms with Gasteiger partial charge in [0.1, 0.15) is 11.5 Å². The summed E-state index contributed by atoms with van der Waals surface area (Å²) in [4.78, 5) is 32.2. The summed E-state index contributed by atoms with van der Waals surface area (Å²) in [5.74, 6) is 0.0630. The third-order valence-electron chi connectivity index (χ3n) is 4.89. The summed E-state index contributed by atoms with van der Waals surface area (Å²) in [5.41, 5.74) is 0.573. The van der Waals surface area contributed by atoms with Crippen molar-refractivity contribution in [3.8, 4) is 5.75 Å². The number of alkyl halides is 3. The molecule has 2 heterocycles. The fourth-order valence-electron chi connectivity index (χ4n) is 3.31. The molecule has 1 aromatic heterocycles. The van der Waals surface area contributed by atoms with Crippen molar-refractivity contribution in [2.24, 2.45) is 0 Å². The van der Waals surface area contributed by atoms with E-state index in [0.717, 1.165) is 12.1 Å². The first kappa shape index (κ1) is 21.7. The van der Waals surface area contributed by atoms with Crippen LogP contribution in [0.4, 0.5) is 13.2 Å². The summed E-state index contributed by atoms with van der Waals surface area (Å²) < 4.78 is 46.2. The molecule has 0 N–H and O–H groups in total. The van der Waals surface area contributed by atoms with E-state index in [0.29, 0.717) is 37.6 Å². The molecule has 0 spiro atoms. The normalized spacial score (nSPS) is 15.2. The number of aryl methyl sites for hydroxylation is 1. The number of rotatable bonds is 4. The Morgan fingerprint density at radius 3 is 2.30 bits per heavy atom. The summed E-state index contributed by atoms with van der Waals surface area (Å²) in [6.07, 6.45) is -3.56. The number of amides is 2. The molecule has 0 saturated carbocycles. The number of carbonyl (C=O) groups is 2. The smallest absolute Gasteiger partial charge is 0.445 e. The predicted octanol–water partition coefficient (Wildman–Crippen LogP) is 3.60. The van der Waals surface area contributed by atoms with Crippen LogP contribution >= 0.6 is 0 Å². The zero-order chi connectivity index (χ0) is 22.1. The Hall–Kier alpha value is -3.04. The summed E-state index contributed by atoms with van der Waals surface area (Å²) in [5, 5.41) is 0. The molecule has 1 aliphatic heterocycles. The lowest BCUT2D eigenvalue weighted by Gasteiger charge is -2.30. The first-order valence-corrected chi connectivity index (χ1v) is 9.39. The van der Waals surface area contributed by atoms with Gasteiger partial charge in [-0.2, -0.15) is 0 Å². The van der Waals surface area contributed by atoms with E-state index in [4.69, 9.17) is 4.42 Å². The number of aromatic nitrogens is 1. The number of piperidine rings is 1. The number of halogens is 3. The number of benzene rings is 1. The van der Waals surface area contributed by atoms with Crippen LogP contribution in [0.5, 0.6) is 5.75 Å². The topological polar surface area (TPSA) is 75.9 Å². The first-order valence-electron chi connectivity index (χ1n) is 9.39. The number of likely N-dealkylation sites (tertiary alicyclic amines) is 1. The van der Waals surface area contributed by atoms with Crippen molar-refractivity contribution in [2.75, 3.05) is 27.2 Å². The van der Waals surface area contributed by atoms with Crippen molar-refractivity contribution in [3.05, 3.63) is 47.2 Å². The third kappa shape index (κ3) is 4.92. The van der Waals surface area contributed by atoms with Crippen molar-refractivity contribution >= 4 is 11.8 Å². The highest BCUT2D eigenvalue weighted by Gasteiger charge is 2.32. The molecule has 10 heteroatoms. The van der Waals surface area contributed by atoms with Gasteiger partial charge in [-0.05, 0) is 44.0 Å². The van der Waals surface area contributed by atoms with Crippen molar-refractivity contribution in [1.82, 2.24) is 14.8 Å². The van der Waals surface area contributed by atoms with Crippen LogP contribution in [0.2, 0.25) is 0 Å². The Labute approximate surface area is 171 Å². The highest BCUT2D eigenvalue weighted by atomic mass is 19.4. The van der Waals surface area contributed by atoms with E-state index in [1.165, 1.54) is 17.0 Å². The van der Waals surface area contributed by atoms with Crippen LogP contribution in [0.15, 0.2) is 28.7 Å². The fraction of sp³-hybridized carbons (Fsp3) is 0.450. The number of hydrogen-bond donors (Lipinski definition) is 0. The second-order valence-electron chi connectivity index (χ2n) is 7.30. The Morgan fingerprint density at radius 1 is 1.17 bits per heavy atom. The molecule has 1 saturated heterocycles. The minimum atomic E-state index is -4.78. The molecule has 0 bridgehead atoms. The molecule has 0 unspecified atom stereocenters. The standard InChI is InChI=1S/C20H22F3N3O4/c1-12-16(19(28)25(2)3)24-17(29-12)13-8-10-26(11-9-13)18(27)14-4-6-15(7-5-14)30-20(21,22)23/h4-7,13H,8-11H2,1-3H3. The van der Waals surface area contributed by atoms with E-state index in [1.54, 1.807) is 25.9 Å². The van der Waals surface area contributed by atoms with Gasteiger partial charge in [0.05, 0.1) is 0 Å². The molecule has 2 amide bonds. The van der Waals surface area contributed by atoms with Crippen LogP contribution in [0, 0.1) is 6.92 Å². The molecule has 0 radical (unpaired) electrons. The SMILES string of the molecule is Cc1oc(C2CCN(C(=O)c3ccc(OC(F)(F)F)cc3)CC2)nc1C(=O)N(C)C. The highest BCUT2D eigenvalue weighted by Crippen LogP contribution is 2.30. The summed E-state index contributed by atoms with van der Waals surface area (Å²) in [6, 6.07) is 4.86. The first-order chi connectivity index (χ1) is 14.0. The Bertz CT molecular complexity index is 914. The second-order valence-corrected chi connectivity index (χ2v) is 7.30. The van der Waals surface area contributed by atoms with Gasteiger partial charge >= 0.3 is 6.36 Å². The van der Waals surface area contributed by atoms with Crippen molar-refractivity contribution in [2.45, 2.75) is 32.0 Å². The quantitative estimate of drug-likeness (QED) is 0.748. The highest BCUT2D eigenvalue weighted by molar-refractivity contribution is 5.94. The maximum absolute atomic E-state index is 12.6. The average molecular weight is 425 g/mol. The van der Waals surface area contributed by atoms with Gasteiger partial charge in [0.15, 0.2) is 11.6 Å². The minimum absolute atomic E-state index is 0.0148. The van der Waals surface area contributed by atoms with Crippen molar-refractivity contribution in [3.63, 3.8) is 0 Å². The van der Waals surface area contributed by atoms with Gasteiger partial charge < -0.3 is 19.0 Å². The molecule has 30 heavy (non-hydrogen) atoms. The second kappa shape index (κ2) is 8.37. The van der Waals surface area contributed by atoms with Gasteiger partial charge in [0, 0.05) is 38.7 Å². The maximum atomic E-state index is 12.6. The summed E-state index contributed by atoms with van der Waals surface area (Å²) in [6.45, 7) is 2.59. The molecule has 1 fully saturated rings. The number of oxazole rings is 1. The molecule has 3 rings (SSSR count). The predicted molar refractivity (Wildman–Crippen MR) is 100 cm³/mol. The zero-order valence-electron chi connectivity index (χ0n) is 16.8. The number of nitrogens with zero attached hydrogens (tertiary/aromatic N) is 3. The number of hydrogen-bond acceptors (Lipinski definition) is 5. The molecule has 0 aliphatic carbocycles. The van der Waals surface area contributed by atoms with Crippen LogP contribution in [-0.4, -0.2) is 60.1 Å². The molecule has 0 atom stereocenters. The molecular weight excluding hydrogens is 403 g/mol. The number of carbonyl (C=O) groups excluding carboxylic acids is 2. The van der Waals surface area contributed by atoms with E-state index >= 15 is 0 Å². The zero-order valence-corrected chi connectivity index (χ0v) is 16.8. The molecular formula is C20H22F3N3O4. The van der Waals surface area contributed by atoms with Gasteiger partial charge in [0.25, 0.3) is 11.8 Å². The van der Waals surface area contributed by atoms with Crippen LogP contribution < -0.4 is 4.74 Å². The fourth-order valence-corrected chi connectivity index (χ4v) is 3.31. The van der Waals surface area contributed by atoms with Gasteiger partial charge in [-0.3, -0.25) is 9.59 Å². The largest absolute Gasteiger partial charge is 0.573 e. The van der Waals surface area contributed by atoms with Gasteiger partial charge in [0.2, 0.25) is 0 Å². The van der Waals surface area contributed by atoms with E-state index in [2.05, 4.69) is 9.72 Å². The lowest BCUT2D eigenvalue weighted by molar-refractivity contribution is -0.274. The lowest BCUT2D eigenvalue weighted by Crippen LogP contribution is -2.38. The molecule has 2 aromatic rings. The summed E-state index contributed by atoms with van der Waals surface area (Å²) in [7, 11) is 3.28. The van der Waals surface area contributed by atoms with Gasteiger partial charge in [-0.15, -0.1) is 13.2 Å². The van der Waals surface area contributed by atoms with Crippen LogP contribution in [0.3, 0.4) is 0 Å². The maximum Gasteiger partial charge on any atom is 0.573 e. The van der Waals surface area contributed by atoms with Crippen molar-refractivity contribution < 1.29 is 31.9 Å². The Kier molecular flexibility index (Phi) is 6.04. The molecule has 162 valence electrons. The van der Waals surface area contributed by atoms with Crippen LogP contribution in [-0.2, 0) is 0 Å². The monoisotopic (exact) mass is 425 g/mol.